The average Bonchev–Trinajstić information content (AvgIpc) is 2.98. The van der Waals surface area contributed by atoms with Gasteiger partial charge in [-0.25, -0.2) is 4.98 Å². The van der Waals surface area contributed by atoms with Crippen molar-refractivity contribution in [1.82, 2.24) is 14.5 Å². The lowest BCUT2D eigenvalue weighted by atomic mass is 9.72. The maximum Gasteiger partial charge on any atom is 0.262 e. The zero-order chi connectivity index (χ0) is 19.8. The number of rotatable bonds is 5. The van der Waals surface area contributed by atoms with Crippen molar-refractivity contribution in [1.29, 1.82) is 0 Å². The smallest absolute Gasteiger partial charge is 0.262 e. The van der Waals surface area contributed by atoms with Gasteiger partial charge in [0.2, 0.25) is 5.91 Å². The number of carbonyl (C=O) groups excluding carboxylic acids is 1. The largest absolute Gasteiger partial charge is 0.395 e. The summed E-state index contributed by atoms with van der Waals surface area (Å²) in [7, 11) is 1.66. The molecule has 7 heteroatoms. The molecular weight excluding hydrogens is 362 g/mol. The van der Waals surface area contributed by atoms with Crippen molar-refractivity contribution in [2.24, 2.45) is 11.3 Å². The van der Waals surface area contributed by atoms with Gasteiger partial charge in [0.05, 0.1) is 18.3 Å². The third kappa shape index (κ3) is 4.09. The van der Waals surface area contributed by atoms with Gasteiger partial charge >= 0.3 is 0 Å². The molecule has 0 bridgehead atoms. The van der Waals surface area contributed by atoms with Crippen LogP contribution in [0.4, 0.5) is 0 Å². The Morgan fingerprint density at radius 1 is 1.44 bits per heavy atom. The lowest BCUT2D eigenvalue weighted by Crippen LogP contribution is -2.31. The Balaban J connectivity index is 1.84. The van der Waals surface area contributed by atoms with Crippen LogP contribution in [0.3, 0.4) is 0 Å². The number of nitrogens with zero attached hydrogens (tertiary/aromatic N) is 3. The molecule has 1 N–H and O–H groups in total. The monoisotopic (exact) mass is 391 g/mol. The first kappa shape index (κ1) is 20.0. The van der Waals surface area contributed by atoms with E-state index in [0.717, 1.165) is 29.5 Å². The molecule has 2 heterocycles. The van der Waals surface area contributed by atoms with E-state index in [1.165, 1.54) is 15.3 Å². The van der Waals surface area contributed by atoms with Gasteiger partial charge in [0.1, 0.15) is 4.83 Å². The number of aliphatic hydroxyl groups is 1. The van der Waals surface area contributed by atoms with Gasteiger partial charge in [-0.1, -0.05) is 20.8 Å². The molecule has 1 atom stereocenters. The van der Waals surface area contributed by atoms with Crippen LogP contribution in [0.15, 0.2) is 11.1 Å². The molecule has 3 rings (SSSR count). The van der Waals surface area contributed by atoms with Crippen LogP contribution >= 0.6 is 11.3 Å². The minimum absolute atomic E-state index is 0.0377. The molecule has 0 fully saturated rings. The molecule has 1 amide bonds. The third-order valence-electron chi connectivity index (χ3n) is 5.69. The second kappa shape index (κ2) is 7.72. The molecule has 0 saturated carbocycles. The number of likely N-dealkylation sites (N-methyl/N-ethyl adjacent to an activating group) is 1. The van der Waals surface area contributed by atoms with E-state index in [1.807, 2.05) is 0 Å². The minimum Gasteiger partial charge on any atom is -0.395 e. The summed E-state index contributed by atoms with van der Waals surface area (Å²) in [6.07, 6.45) is 4.83. The number of fused-ring (bicyclic) bond motifs is 3. The highest BCUT2D eigenvalue weighted by Gasteiger charge is 2.31. The van der Waals surface area contributed by atoms with Crippen molar-refractivity contribution >= 4 is 27.5 Å². The summed E-state index contributed by atoms with van der Waals surface area (Å²) in [6, 6.07) is 0. The molecule has 0 aromatic carbocycles. The molecule has 0 saturated heterocycles. The molecule has 1 aliphatic rings. The van der Waals surface area contributed by atoms with Crippen LogP contribution in [0.2, 0.25) is 0 Å². The van der Waals surface area contributed by atoms with Gasteiger partial charge in [0, 0.05) is 31.4 Å². The van der Waals surface area contributed by atoms with Crippen LogP contribution in [0.5, 0.6) is 0 Å². The van der Waals surface area contributed by atoms with E-state index >= 15 is 0 Å². The van der Waals surface area contributed by atoms with Crippen molar-refractivity contribution in [3.63, 3.8) is 0 Å². The van der Waals surface area contributed by atoms with Crippen molar-refractivity contribution in [2.75, 3.05) is 20.2 Å². The van der Waals surface area contributed by atoms with Crippen molar-refractivity contribution < 1.29 is 9.90 Å². The fourth-order valence-electron chi connectivity index (χ4n) is 3.78. The Labute approximate surface area is 163 Å². The fraction of sp³-hybridized carbons (Fsp3) is 0.650. The highest BCUT2D eigenvalue weighted by atomic mass is 32.1. The molecule has 0 radical (unpaired) electrons. The van der Waals surface area contributed by atoms with Crippen LogP contribution in [-0.4, -0.2) is 45.7 Å². The van der Waals surface area contributed by atoms with E-state index in [1.54, 1.807) is 29.3 Å². The third-order valence-corrected chi connectivity index (χ3v) is 6.85. The predicted octanol–water partition coefficient (Wildman–Crippen LogP) is 2.45. The van der Waals surface area contributed by atoms with Crippen molar-refractivity contribution in [3.8, 4) is 0 Å². The standard InChI is InChI=1S/C20H29N3O3S/c1-20(2,3)13-5-6-14-15(11-13)27-18-17(14)19(26)23(12-21-18)8-7-16(25)22(4)9-10-24/h12-13,24H,5-11H2,1-4H3. The van der Waals surface area contributed by atoms with Gasteiger partial charge < -0.3 is 10.0 Å². The van der Waals surface area contributed by atoms with Crippen LogP contribution in [0, 0.1) is 11.3 Å². The van der Waals surface area contributed by atoms with Gasteiger partial charge in [-0.05, 0) is 36.2 Å². The molecule has 1 aliphatic carbocycles. The molecule has 2 aromatic heterocycles. The number of thiophene rings is 1. The number of aromatic nitrogens is 2. The van der Waals surface area contributed by atoms with Crippen LogP contribution in [-0.2, 0) is 24.2 Å². The normalized spacial score (nSPS) is 17.1. The van der Waals surface area contributed by atoms with E-state index < -0.39 is 0 Å². The lowest BCUT2D eigenvalue weighted by molar-refractivity contribution is -0.130. The van der Waals surface area contributed by atoms with E-state index in [4.69, 9.17) is 5.11 Å². The second-order valence-electron chi connectivity index (χ2n) is 8.52. The molecular formula is C20H29N3O3S. The summed E-state index contributed by atoms with van der Waals surface area (Å²) >= 11 is 1.65. The highest BCUT2D eigenvalue weighted by Crippen LogP contribution is 2.41. The summed E-state index contributed by atoms with van der Waals surface area (Å²) in [6.45, 7) is 7.40. The van der Waals surface area contributed by atoms with Crippen LogP contribution in [0.25, 0.3) is 10.2 Å². The van der Waals surface area contributed by atoms with E-state index in [9.17, 15) is 9.59 Å². The van der Waals surface area contributed by atoms with Gasteiger partial charge in [-0.2, -0.15) is 0 Å². The fourth-order valence-corrected chi connectivity index (χ4v) is 5.04. The quantitative estimate of drug-likeness (QED) is 0.849. The number of amides is 1. The van der Waals surface area contributed by atoms with Crippen LogP contribution in [0.1, 0.15) is 44.1 Å². The number of carbonyl (C=O) groups is 1. The highest BCUT2D eigenvalue weighted by molar-refractivity contribution is 7.18. The average molecular weight is 392 g/mol. The molecule has 0 spiro atoms. The first-order chi connectivity index (χ1) is 12.7. The summed E-state index contributed by atoms with van der Waals surface area (Å²) in [4.78, 5) is 33.2. The maximum atomic E-state index is 13.0. The topological polar surface area (TPSA) is 75.4 Å². The van der Waals surface area contributed by atoms with Gasteiger partial charge in [-0.15, -0.1) is 11.3 Å². The molecule has 27 heavy (non-hydrogen) atoms. The first-order valence-electron chi connectivity index (χ1n) is 9.57. The molecule has 0 aliphatic heterocycles. The Hall–Kier alpha value is -1.73. The van der Waals surface area contributed by atoms with Gasteiger partial charge in [-0.3, -0.25) is 14.2 Å². The van der Waals surface area contributed by atoms with E-state index in [0.29, 0.717) is 19.0 Å². The molecule has 1 unspecified atom stereocenters. The summed E-state index contributed by atoms with van der Waals surface area (Å²) in [5, 5.41) is 9.68. The molecule has 6 nitrogen and oxygen atoms in total. The number of aryl methyl sites for hydroxylation is 2. The van der Waals surface area contributed by atoms with Gasteiger partial charge in [0.15, 0.2) is 0 Å². The Kier molecular flexibility index (Phi) is 5.72. The zero-order valence-corrected chi connectivity index (χ0v) is 17.4. The second-order valence-corrected chi connectivity index (χ2v) is 9.61. The maximum absolute atomic E-state index is 13.0. The van der Waals surface area contributed by atoms with Crippen LogP contribution < -0.4 is 5.56 Å². The first-order valence-corrected chi connectivity index (χ1v) is 10.4. The molecule has 2 aromatic rings. The number of aliphatic hydroxyl groups excluding tert-OH is 1. The predicted molar refractivity (Wildman–Crippen MR) is 108 cm³/mol. The number of hydrogen-bond acceptors (Lipinski definition) is 5. The van der Waals surface area contributed by atoms with E-state index in [-0.39, 0.29) is 29.9 Å². The summed E-state index contributed by atoms with van der Waals surface area (Å²) < 4.78 is 1.55. The number of hydrogen-bond donors (Lipinski definition) is 1. The van der Waals surface area contributed by atoms with Crippen molar-refractivity contribution in [2.45, 2.75) is 53.0 Å². The van der Waals surface area contributed by atoms with Crippen molar-refractivity contribution in [3.05, 3.63) is 27.1 Å². The Morgan fingerprint density at radius 2 is 2.19 bits per heavy atom. The molecule has 148 valence electrons. The van der Waals surface area contributed by atoms with Gasteiger partial charge in [0.25, 0.3) is 5.56 Å². The Bertz CT molecular complexity index is 894. The summed E-state index contributed by atoms with van der Waals surface area (Å²) in [5.41, 5.74) is 1.40. The zero-order valence-electron chi connectivity index (χ0n) is 16.6. The summed E-state index contributed by atoms with van der Waals surface area (Å²) in [5.74, 6) is 0.538. The SMILES string of the molecule is CN(CCO)C(=O)CCn1cnc2sc3c(c2c1=O)CCC(C(C)(C)C)C3. The Morgan fingerprint density at radius 3 is 2.85 bits per heavy atom. The van der Waals surface area contributed by atoms with E-state index in [2.05, 4.69) is 25.8 Å². The minimum atomic E-state index is -0.0867. The lowest BCUT2D eigenvalue weighted by Gasteiger charge is -2.33.